The van der Waals surface area contributed by atoms with Crippen LogP contribution < -0.4 is 10.5 Å². The van der Waals surface area contributed by atoms with Crippen molar-refractivity contribution >= 4 is 15.9 Å². The van der Waals surface area contributed by atoms with Gasteiger partial charge in [-0.3, -0.25) is 4.68 Å². The Morgan fingerprint density at radius 2 is 2.05 bits per heavy atom. The second-order valence-corrected chi connectivity index (χ2v) is 5.55. The fourth-order valence-corrected chi connectivity index (χ4v) is 2.68. The fraction of sp³-hybridized carbons (Fsp3) is 0.357. The summed E-state index contributed by atoms with van der Waals surface area (Å²) in [6.07, 6.45) is 0. The monoisotopic (exact) mass is 323 g/mol. The van der Waals surface area contributed by atoms with Crippen LogP contribution in [0.25, 0.3) is 0 Å². The topological polar surface area (TPSA) is 53.1 Å². The first-order chi connectivity index (χ1) is 8.90. The Balaban J connectivity index is 2.31. The summed E-state index contributed by atoms with van der Waals surface area (Å²) in [5, 5.41) is 4.33. The van der Waals surface area contributed by atoms with Gasteiger partial charge in [0, 0.05) is 17.6 Å². The maximum Gasteiger partial charge on any atom is 0.171 e. The summed E-state index contributed by atoms with van der Waals surface area (Å²) < 4.78 is 8.70. The highest BCUT2D eigenvalue weighted by Crippen LogP contribution is 2.32. The molecule has 0 bridgehead atoms. The second kappa shape index (κ2) is 5.35. The molecule has 2 aromatic rings. The van der Waals surface area contributed by atoms with Gasteiger partial charge < -0.3 is 10.5 Å². The molecular formula is C14H18BrN3O. The fourth-order valence-electron chi connectivity index (χ4n) is 1.96. The number of aromatic nitrogens is 2. The number of benzene rings is 1. The zero-order chi connectivity index (χ0) is 14.2. The van der Waals surface area contributed by atoms with E-state index in [1.807, 2.05) is 50.7 Å². The SMILES string of the molecule is Cc1nn(C)c(C)c1Oc1ccc([C@@H](C)N)c(Br)c1. The van der Waals surface area contributed by atoms with E-state index in [2.05, 4.69) is 21.0 Å². The number of aryl methyl sites for hydroxylation is 2. The van der Waals surface area contributed by atoms with E-state index in [9.17, 15) is 0 Å². The average Bonchev–Trinajstić information content (AvgIpc) is 2.56. The van der Waals surface area contributed by atoms with Gasteiger partial charge in [0.1, 0.15) is 11.4 Å². The number of ether oxygens (including phenoxy) is 1. The lowest BCUT2D eigenvalue weighted by molar-refractivity contribution is 0.473. The van der Waals surface area contributed by atoms with Crippen molar-refractivity contribution < 1.29 is 4.74 Å². The summed E-state index contributed by atoms with van der Waals surface area (Å²) in [6.45, 7) is 5.88. The van der Waals surface area contributed by atoms with Crippen LogP contribution in [-0.2, 0) is 7.05 Å². The molecule has 0 fully saturated rings. The van der Waals surface area contributed by atoms with Gasteiger partial charge in [0.05, 0.1) is 5.69 Å². The minimum Gasteiger partial charge on any atom is -0.453 e. The van der Waals surface area contributed by atoms with Gasteiger partial charge in [0.15, 0.2) is 5.75 Å². The van der Waals surface area contributed by atoms with E-state index in [0.717, 1.165) is 32.9 Å². The Morgan fingerprint density at radius 3 is 2.53 bits per heavy atom. The first-order valence-corrected chi connectivity index (χ1v) is 6.92. The predicted molar refractivity (Wildman–Crippen MR) is 79.5 cm³/mol. The summed E-state index contributed by atoms with van der Waals surface area (Å²) in [4.78, 5) is 0. The zero-order valence-electron chi connectivity index (χ0n) is 11.6. The molecule has 1 aromatic carbocycles. The van der Waals surface area contributed by atoms with Crippen LogP contribution in [0.5, 0.6) is 11.5 Å². The Bertz CT molecular complexity index is 605. The molecule has 0 saturated heterocycles. The molecule has 19 heavy (non-hydrogen) atoms. The van der Waals surface area contributed by atoms with Crippen LogP contribution >= 0.6 is 15.9 Å². The van der Waals surface area contributed by atoms with Gasteiger partial charge >= 0.3 is 0 Å². The molecule has 102 valence electrons. The van der Waals surface area contributed by atoms with E-state index < -0.39 is 0 Å². The summed E-state index contributed by atoms with van der Waals surface area (Å²) in [6, 6.07) is 5.83. The molecular weight excluding hydrogens is 306 g/mol. The molecule has 5 heteroatoms. The predicted octanol–water partition coefficient (Wildman–Crippen LogP) is 3.61. The van der Waals surface area contributed by atoms with Crippen LogP contribution in [0.2, 0.25) is 0 Å². The lowest BCUT2D eigenvalue weighted by atomic mass is 10.1. The molecule has 1 aromatic heterocycles. The Morgan fingerprint density at radius 1 is 1.37 bits per heavy atom. The van der Waals surface area contributed by atoms with Crippen LogP contribution in [0.1, 0.15) is 29.9 Å². The van der Waals surface area contributed by atoms with E-state index in [1.54, 1.807) is 0 Å². The molecule has 1 heterocycles. The number of hydrogen-bond donors (Lipinski definition) is 1. The van der Waals surface area contributed by atoms with E-state index in [1.165, 1.54) is 0 Å². The number of hydrogen-bond acceptors (Lipinski definition) is 3. The molecule has 0 radical (unpaired) electrons. The number of halogens is 1. The Hall–Kier alpha value is -1.33. The molecule has 0 amide bonds. The van der Waals surface area contributed by atoms with Crippen molar-refractivity contribution in [2.45, 2.75) is 26.8 Å². The molecule has 1 atom stereocenters. The van der Waals surface area contributed by atoms with Crippen LogP contribution in [0.3, 0.4) is 0 Å². The number of rotatable bonds is 3. The van der Waals surface area contributed by atoms with E-state index in [0.29, 0.717) is 0 Å². The zero-order valence-corrected chi connectivity index (χ0v) is 13.2. The smallest absolute Gasteiger partial charge is 0.171 e. The van der Waals surface area contributed by atoms with Crippen molar-refractivity contribution in [3.05, 3.63) is 39.6 Å². The molecule has 2 rings (SSSR count). The maximum atomic E-state index is 5.92. The van der Waals surface area contributed by atoms with Gasteiger partial charge in [-0.15, -0.1) is 0 Å². The largest absolute Gasteiger partial charge is 0.453 e. The average molecular weight is 324 g/mol. The third-order valence-electron chi connectivity index (χ3n) is 3.13. The van der Waals surface area contributed by atoms with Crippen molar-refractivity contribution in [3.8, 4) is 11.5 Å². The number of nitrogens with two attached hydrogens (primary N) is 1. The molecule has 0 spiro atoms. The standard InChI is InChI=1S/C14H18BrN3O/c1-8(16)12-6-5-11(7-13(12)15)19-14-9(2)17-18(4)10(14)3/h5-8H,16H2,1-4H3/t8-/m1/s1. The molecule has 4 nitrogen and oxygen atoms in total. The molecule has 0 aliphatic heterocycles. The van der Waals surface area contributed by atoms with Gasteiger partial charge in [0.25, 0.3) is 0 Å². The highest BCUT2D eigenvalue weighted by molar-refractivity contribution is 9.10. The quantitative estimate of drug-likeness (QED) is 0.938. The minimum atomic E-state index is -0.00899. The van der Waals surface area contributed by atoms with Crippen molar-refractivity contribution in [3.63, 3.8) is 0 Å². The Labute approximate surface area is 121 Å². The van der Waals surface area contributed by atoms with Crippen LogP contribution in [0.4, 0.5) is 0 Å². The summed E-state index contributed by atoms with van der Waals surface area (Å²) >= 11 is 3.52. The third kappa shape index (κ3) is 2.82. The van der Waals surface area contributed by atoms with Crippen LogP contribution in [-0.4, -0.2) is 9.78 Å². The van der Waals surface area contributed by atoms with Crippen molar-refractivity contribution in [1.29, 1.82) is 0 Å². The van der Waals surface area contributed by atoms with Crippen LogP contribution in [0, 0.1) is 13.8 Å². The highest BCUT2D eigenvalue weighted by Gasteiger charge is 2.13. The molecule has 0 aliphatic carbocycles. The lowest BCUT2D eigenvalue weighted by Gasteiger charge is -2.11. The van der Waals surface area contributed by atoms with E-state index in [4.69, 9.17) is 10.5 Å². The van der Waals surface area contributed by atoms with E-state index >= 15 is 0 Å². The normalized spacial score (nSPS) is 12.5. The molecule has 2 N–H and O–H groups in total. The summed E-state index contributed by atoms with van der Waals surface area (Å²) in [5.41, 5.74) is 8.83. The van der Waals surface area contributed by atoms with Crippen molar-refractivity contribution in [1.82, 2.24) is 9.78 Å². The van der Waals surface area contributed by atoms with Gasteiger partial charge in [-0.25, -0.2) is 0 Å². The molecule has 0 aliphatic rings. The van der Waals surface area contributed by atoms with Crippen molar-refractivity contribution in [2.24, 2.45) is 12.8 Å². The third-order valence-corrected chi connectivity index (χ3v) is 3.81. The number of nitrogens with zero attached hydrogens (tertiary/aromatic N) is 2. The van der Waals surface area contributed by atoms with Gasteiger partial charge in [-0.1, -0.05) is 22.0 Å². The van der Waals surface area contributed by atoms with Crippen LogP contribution in [0.15, 0.2) is 22.7 Å². The first kappa shape index (κ1) is 14.1. The van der Waals surface area contributed by atoms with E-state index in [-0.39, 0.29) is 6.04 Å². The Kier molecular flexibility index (Phi) is 3.96. The van der Waals surface area contributed by atoms with Gasteiger partial charge in [0.2, 0.25) is 0 Å². The van der Waals surface area contributed by atoms with Crippen molar-refractivity contribution in [2.75, 3.05) is 0 Å². The molecule has 0 saturated carbocycles. The van der Waals surface area contributed by atoms with Gasteiger partial charge in [-0.05, 0) is 38.5 Å². The maximum absolute atomic E-state index is 5.92. The van der Waals surface area contributed by atoms with Gasteiger partial charge in [-0.2, -0.15) is 5.10 Å². The summed E-state index contributed by atoms with van der Waals surface area (Å²) in [5.74, 6) is 1.58. The summed E-state index contributed by atoms with van der Waals surface area (Å²) in [7, 11) is 1.91. The first-order valence-electron chi connectivity index (χ1n) is 6.13. The highest BCUT2D eigenvalue weighted by atomic mass is 79.9. The lowest BCUT2D eigenvalue weighted by Crippen LogP contribution is -2.05. The molecule has 0 unspecified atom stereocenters. The minimum absolute atomic E-state index is 0.00899. The second-order valence-electron chi connectivity index (χ2n) is 4.70.